The highest BCUT2D eigenvalue weighted by Gasteiger charge is 2.05. The molecule has 108 valence electrons. The molecule has 0 saturated carbocycles. The molecule has 0 aliphatic rings. The smallest absolute Gasteiger partial charge is 0.0914 e. The first-order valence-corrected chi connectivity index (χ1v) is 7.23. The molecule has 0 saturated heterocycles. The minimum absolute atomic E-state index is 0. The molecule has 0 spiro atoms. The molecule has 0 radical (unpaired) electrons. The molecule has 0 amide bonds. The maximum absolute atomic E-state index is 9.99. The van der Waals surface area contributed by atoms with Crippen molar-refractivity contribution in [3.63, 3.8) is 0 Å². The van der Waals surface area contributed by atoms with Crippen LogP contribution >= 0.6 is 28.3 Å². The third-order valence-electron chi connectivity index (χ3n) is 3.03. The van der Waals surface area contributed by atoms with Crippen LogP contribution in [-0.4, -0.2) is 18.2 Å². The van der Waals surface area contributed by atoms with Crippen molar-refractivity contribution in [2.45, 2.75) is 12.5 Å². The number of hydrogen-bond donors (Lipinski definition) is 2. The fourth-order valence-corrected chi connectivity index (χ4v) is 2.18. The standard InChI is InChI=1S/C16H18BrNO.ClH/c17-15-8-6-13(7-9-15)10-11-18-12-16(19)14-4-2-1-3-5-14;/h1-9,16,18-19H,10-12H2;1H/t16-;/m0./s1. The highest BCUT2D eigenvalue weighted by atomic mass is 79.9. The third-order valence-corrected chi connectivity index (χ3v) is 3.55. The predicted octanol–water partition coefficient (Wildman–Crippen LogP) is 3.74. The van der Waals surface area contributed by atoms with Crippen LogP contribution in [-0.2, 0) is 6.42 Å². The summed E-state index contributed by atoms with van der Waals surface area (Å²) in [7, 11) is 0. The number of nitrogens with one attached hydrogen (secondary N) is 1. The second-order valence-electron chi connectivity index (χ2n) is 4.51. The Morgan fingerprint density at radius 3 is 2.30 bits per heavy atom. The second-order valence-corrected chi connectivity index (χ2v) is 5.42. The lowest BCUT2D eigenvalue weighted by atomic mass is 10.1. The molecule has 0 fully saturated rings. The molecule has 0 bridgehead atoms. The molecule has 2 nitrogen and oxygen atoms in total. The average Bonchev–Trinajstić information content (AvgIpc) is 2.46. The molecule has 4 heteroatoms. The van der Waals surface area contributed by atoms with Crippen LogP contribution in [0.4, 0.5) is 0 Å². The summed E-state index contributed by atoms with van der Waals surface area (Å²) in [6.45, 7) is 1.45. The molecule has 0 aliphatic heterocycles. The van der Waals surface area contributed by atoms with Crippen LogP contribution in [0.1, 0.15) is 17.2 Å². The molecule has 0 heterocycles. The lowest BCUT2D eigenvalue weighted by Gasteiger charge is -2.12. The highest BCUT2D eigenvalue weighted by Crippen LogP contribution is 2.12. The van der Waals surface area contributed by atoms with Crippen LogP contribution in [0, 0.1) is 0 Å². The normalized spacial score (nSPS) is 11.7. The third kappa shape index (κ3) is 5.63. The van der Waals surface area contributed by atoms with E-state index < -0.39 is 6.10 Å². The van der Waals surface area contributed by atoms with Gasteiger partial charge in [0.05, 0.1) is 6.10 Å². The molecule has 2 rings (SSSR count). The largest absolute Gasteiger partial charge is 0.387 e. The monoisotopic (exact) mass is 355 g/mol. The van der Waals surface area contributed by atoms with Gasteiger partial charge < -0.3 is 10.4 Å². The van der Waals surface area contributed by atoms with E-state index in [1.165, 1.54) is 5.56 Å². The summed E-state index contributed by atoms with van der Waals surface area (Å²) in [6.07, 6.45) is 0.528. The number of benzene rings is 2. The fraction of sp³-hybridized carbons (Fsp3) is 0.250. The number of aliphatic hydroxyl groups is 1. The topological polar surface area (TPSA) is 32.3 Å². The molecule has 1 atom stereocenters. The van der Waals surface area contributed by atoms with E-state index in [2.05, 4.69) is 33.4 Å². The van der Waals surface area contributed by atoms with Crippen LogP contribution < -0.4 is 5.32 Å². The molecule has 20 heavy (non-hydrogen) atoms. The van der Waals surface area contributed by atoms with E-state index in [9.17, 15) is 5.11 Å². The van der Waals surface area contributed by atoms with Gasteiger partial charge >= 0.3 is 0 Å². The van der Waals surface area contributed by atoms with Crippen LogP contribution in [0.3, 0.4) is 0 Å². The van der Waals surface area contributed by atoms with Gasteiger partial charge in [-0.3, -0.25) is 0 Å². The van der Waals surface area contributed by atoms with Gasteiger partial charge in [-0.2, -0.15) is 0 Å². The predicted molar refractivity (Wildman–Crippen MR) is 89.4 cm³/mol. The van der Waals surface area contributed by atoms with E-state index in [-0.39, 0.29) is 12.4 Å². The van der Waals surface area contributed by atoms with E-state index in [0.29, 0.717) is 6.54 Å². The van der Waals surface area contributed by atoms with Crippen LogP contribution in [0.5, 0.6) is 0 Å². The van der Waals surface area contributed by atoms with Crippen molar-refractivity contribution in [2.75, 3.05) is 13.1 Å². The van der Waals surface area contributed by atoms with Gasteiger partial charge in [-0.15, -0.1) is 12.4 Å². The fourth-order valence-electron chi connectivity index (χ4n) is 1.92. The van der Waals surface area contributed by atoms with Crippen molar-refractivity contribution in [1.29, 1.82) is 0 Å². The summed E-state index contributed by atoms with van der Waals surface area (Å²) >= 11 is 3.42. The van der Waals surface area contributed by atoms with Gasteiger partial charge in [0.1, 0.15) is 0 Å². The summed E-state index contributed by atoms with van der Waals surface area (Å²) < 4.78 is 1.10. The van der Waals surface area contributed by atoms with Gasteiger partial charge in [-0.25, -0.2) is 0 Å². The van der Waals surface area contributed by atoms with E-state index in [0.717, 1.165) is 23.0 Å². The van der Waals surface area contributed by atoms with Gasteiger partial charge in [0.25, 0.3) is 0 Å². The van der Waals surface area contributed by atoms with Gasteiger partial charge in [-0.1, -0.05) is 58.4 Å². The van der Waals surface area contributed by atoms with Gasteiger partial charge in [0.15, 0.2) is 0 Å². The molecule has 0 aliphatic carbocycles. The van der Waals surface area contributed by atoms with Crippen molar-refractivity contribution >= 4 is 28.3 Å². The summed E-state index contributed by atoms with van der Waals surface area (Å²) in [5.74, 6) is 0. The number of aliphatic hydroxyl groups excluding tert-OH is 1. The van der Waals surface area contributed by atoms with Crippen molar-refractivity contribution < 1.29 is 5.11 Å². The first-order chi connectivity index (χ1) is 9.25. The number of hydrogen-bond acceptors (Lipinski definition) is 2. The molecule has 2 aromatic rings. The minimum atomic E-state index is -0.439. The molecule has 0 unspecified atom stereocenters. The van der Waals surface area contributed by atoms with Gasteiger partial charge in [0.2, 0.25) is 0 Å². The van der Waals surface area contributed by atoms with E-state index in [1.54, 1.807) is 0 Å². The second kappa shape index (κ2) is 9.14. The van der Waals surface area contributed by atoms with Crippen LogP contribution in [0.15, 0.2) is 59.1 Å². The van der Waals surface area contributed by atoms with Gasteiger partial charge in [0, 0.05) is 11.0 Å². The van der Waals surface area contributed by atoms with E-state index >= 15 is 0 Å². The Hall–Kier alpha value is -0.870. The Balaban J connectivity index is 0.00000200. The van der Waals surface area contributed by atoms with Crippen molar-refractivity contribution in [3.05, 3.63) is 70.2 Å². The lowest BCUT2D eigenvalue weighted by molar-refractivity contribution is 0.175. The average molecular weight is 357 g/mol. The Kier molecular flexibility index (Phi) is 7.85. The summed E-state index contributed by atoms with van der Waals surface area (Å²) in [4.78, 5) is 0. The summed E-state index contributed by atoms with van der Waals surface area (Å²) in [5, 5.41) is 13.3. The van der Waals surface area contributed by atoms with Crippen molar-refractivity contribution in [1.82, 2.24) is 5.32 Å². The zero-order valence-corrected chi connectivity index (χ0v) is 13.5. The molecular formula is C16H19BrClNO. The first-order valence-electron chi connectivity index (χ1n) is 6.44. The number of halogens is 2. The van der Waals surface area contributed by atoms with Crippen molar-refractivity contribution in [3.8, 4) is 0 Å². The molecule has 2 aromatic carbocycles. The molecular weight excluding hydrogens is 338 g/mol. The molecule has 0 aromatic heterocycles. The lowest BCUT2D eigenvalue weighted by Crippen LogP contribution is -2.23. The van der Waals surface area contributed by atoms with Crippen molar-refractivity contribution in [2.24, 2.45) is 0 Å². The molecule has 2 N–H and O–H groups in total. The summed E-state index contributed by atoms with van der Waals surface area (Å²) in [5.41, 5.74) is 2.25. The van der Waals surface area contributed by atoms with E-state index in [1.807, 2.05) is 42.5 Å². The maximum Gasteiger partial charge on any atom is 0.0914 e. The Morgan fingerprint density at radius 2 is 1.65 bits per heavy atom. The van der Waals surface area contributed by atoms with Crippen LogP contribution in [0.2, 0.25) is 0 Å². The zero-order chi connectivity index (χ0) is 13.5. The Bertz CT molecular complexity index is 490. The SMILES string of the molecule is Cl.O[C@@H](CNCCc1ccc(Br)cc1)c1ccccc1. The first kappa shape index (κ1) is 17.2. The number of rotatable bonds is 6. The minimum Gasteiger partial charge on any atom is -0.387 e. The van der Waals surface area contributed by atoms with Gasteiger partial charge in [-0.05, 0) is 36.2 Å². The maximum atomic E-state index is 9.99. The zero-order valence-electron chi connectivity index (χ0n) is 11.1. The summed E-state index contributed by atoms with van der Waals surface area (Å²) in [6, 6.07) is 18.1. The quantitative estimate of drug-likeness (QED) is 0.773. The van der Waals surface area contributed by atoms with E-state index in [4.69, 9.17) is 0 Å². The Morgan fingerprint density at radius 1 is 1.00 bits per heavy atom. The highest BCUT2D eigenvalue weighted by molar-refractivity contribution is 9.10. The van der Waals surface area contributed by atoms with Crippen LogP contribution in [0.25, 0.3) is 0 Å². The Labute approximate surface area is 134 Å².